The summed E-state index contributed by atoms with van der Waals surface area (Å²) in [5, 5.41) is 3.55. The maximum atomic E-state index is 14.7. The van der Waals surface area contributed by atoms with Crippen molar-refractivity contribution in [1.29, 1.82) is 0 Å². The standard InChI is InChI=1S/C31H35ClFN3O4S/c1-41(39,40)36(28-19-11-10-18-27(28)33)22-30(37)35(21-24-14-8-9-17-26(24)32)29(20-23-12-4-2-5-13-23)31(38)34-25-15-6-3-7-16-25/h2,4-5,8-14,17-19,25,29H,3,6-7,15-16,20-22H2,1H3,(H,34,38)/t29-/m0/s1. The largest absolute Gasteiger partial charge is 0.352 e. The molecule has 0 spiro atoms. The molecule has 1 atom stereocenters. The second-order valence-corrected chi connectivity index (χ2v) is 12.7. The van der Waals surface area contributed by atoms with Crippen LogP contribution in [-0.4, -0.2) is 50.0 Å². The predicted octanol–water partition coefficient (Wildman–Crippen LogP) is 5.33. The molecular formula is C31H35ClFN3O4S. The topological polar surface area (TPSA) is 86.8 Å². The van der Waals surface area contributed by atoms with Gasteiger partial charge in [-0.25, -0.2) is 12.8 Å². The van der Waals surface area contributed by atoms with Crippen molar-refractivity contribution >= 4 is 39.1 Å². The number of para-hydroxylation sites is 1. The van der Waals surface area contributed by atoms with Crippen molar-refractivity contribution < 1.29 is 22.4 Å². The summed E-state index contributed by atoms with van der Waals surface area (Å²) in [5.41, 5.74) is 1.19. The number of hydrogen-bond acceptors (Lipinski definition) is 4. The first-order valence-corrected chi connectivity index (χ1v) is 16.0. The summed E-state index contributed by atoms with van der Waals surface area (Å²) in [6, 6.07) is 20.7. The van der Waals surface area contributed by atoms with Gasteiger partial charge in [-0.15, -0.1) is 0 Å². The van der Waals surface area contributed by atoms with E-state index in [2.05, 4.69) is 5.32 Å². The molecule has 1 aliphatic carbocycles. The number of carbonyl (C=O) groups is 2. The second-order valence-electron chi connectivity index (χ2n) is 10.4. The lowest BCUT2D eigenvalue weighted by atomic mass is 9.94. The number of amides is 2. The molecule has 0 aliphatic heterocycles. The summed E-state index contributed by atoms with van der Waals surface area (Å²) < 4.78 is 41.1. The van der Waals surface area contributed by atoms with Crippen molar-refractivity contribution in [3.8, 4) is 0 Å². The van der Waals surface area contributed by atoms with E-state index in [-0.39, 0.29) is 30.6 Å². The van der Waals surface area contributed by atoms with Crippen LogP contribution in [0.4, 0.5) is 10.1 Å². The fourth-order valence-electron chi connectivity index (χ4n) is 5.16. The van der Waals surface area contributed by atoms with E-state index in [0.29, 0.717) is 10.6 Å². The van der Waals surface area contributed by atoms with E-state index in [4.69, 9.17) is 11.6 Å². The highest BCUT2D eigenvalue weighted by Crippen LogP contribution is 2.25. The zero-order chi connectivity index (χ0) is 29.4. The molecule has 218 valence electrons. The van der Waals surface area contributed by atoms with Crippen LogP contribution in [-0.2, 0) is 32.6 Å². The number of sulfonamides is 1. The van der Waals surface area contributed by atoms with Gasteiger partial charge in [0.2, 0.25) is 21.8 Å². The monoisotopic (exact) mass is 599 g/mol. The van der Waals surface area contributed by atoms with E-state index in [1.54, 1.807) is 24.3 Å². The van der Waals surface area contributed by atoms with Crippen molar-refractivity contribution in [3.05, 3.63) is 101 Å². The number of hydrogen-bond donors (Lipinski definition) is 1. The number of benzene rings is 3. The molecule has 10 heteroatoms. The molecular weight excluding hydrogens is 565 g/mol. The van der Waals surface area contributed by atoms with Crippen molar-refractivity contribution in [1.82, 2.24) is 10.2 Å². The minimum absolute atomic E-state index is 0.00211. The SMILES string of the molecule is CS(=O)(=O)N(CC(=O)N(Cc1ccccc1Cl)[C@@H](Cc1ccccc1)C(=O)NC1CCCCC1)c1ccccc1F. The van der Waals surface area contributed by atoms with Gasteiger partial charge in [-0.1, -0.05) is 91.5 Å². The molecule has 3 aromatic carbocycles. The highest BCUT2D eigenvalue weighted by Gasteiger charge is 2.34. The van der Waals surface area contributed by atoms with Gasteiger partial charge in [-0.05, 0) is 42.2 Å². The van der Waals surface area contributed by atoms with Crippen LogP contribution in [0, 0.1) is 5.82 Å². The van der Waals surface area contributed by atoms with Gasteiger partial charge in [-0.2, -0.15) is 0 Å². The maximum absolute atomic E-state index is 14.7. The maximum Gasteiger partial charge on any atom is 0.244 e. The number of nitrogens with one attached hydrogen (secondary N) is 1. The van der Waals surface area contributed by atoms with Crippen LogP contribution >= 0.6 is 11.6 Å². The summed E-state index contributed by atoms with van der Waals surface area (Å²) in [5.74, 6) is -1.75. The molecule has 0 radical (unpaired) electrons. The van der Waals surface area contributed by atoms with Crippen molar-refractivity contribution in [2.24, 2.45) is 0 Å². The lowest BCUT2D eigenvalue weighted by Gasteiger charge is -2.35. The van der Waals surface area contributed by atoms with Gasteiger partial charge in [0.25, 0.3) is 0 Å². The molecule has 4 rings (SSSR count). The molecule has 1 fully saturated rings. The Balaban J connectivity index is 1.74. The Morgan fingerprint density at radius 1 is 0.951 bits per heavy atom. The summed E-state index contributed by atoms with van der Waals surface area (Å²) in [4.78, 5) is 29.4. The Bertz CT molecular complexity index is 1450. The predicted molar refractivity (Wildman–Crippen MR) is 160 cm³/mol. The summed E-state index contributed by atoms with van der Waals surface area (Å²) in [6.45, 7) is -0.727. The van der Waals surface area contributed by atoms with Crippen LogP contribution < -0.4 is 9.62 Å². The lowest BCUT2D eigenvalue weighted by Crippen LogP contribution is -2.55. The number of carbonyl (C=O) groups excluding carboxylic acids is 2. The highest BCUT2D eigenvalue weighted by molar-refractivity contribution is 7.92. The summed E-state index contributed by atoms with van der Waals surface area (Å²) in [6.07, 6.45) is 5.99. The van der Waals surface area contributed by atoms with Gasteiger partial charge in [0.1, 0.15) is 18.4 Å². The molecule has 1 saturated carbocycles. The van der Waals surface area contributed by atoms with Crippen LogP contribution in [0.15, 0.2) is 78.9 Å². The van der Waals surface area contributed by atoms with Gasteiger partial charge >= 0.3 is 0 Å². The quantitative estimate of drug-likeness (QED) is 0.323. The molecule has 41 heavy (non-hydrogen) atoms. The zero-order valence-corrected chi connectivity index (χ0v) is 24.6. The third-order valence-corrected chi connectivity index (χ3v) is 8.82. The third kappa shape index (κ3) is 8.30. The van der Waals surface area contributed by atoms with Gasteiger partial charge in [0.05, 0.1) is 11.9 Å². The highest BCUT2D eigenvalue weighted by atomic mass is 35.5. The minimum atomic E-state index is -4.06. The van der Waals surface area contributed by atoms with Crippen molar-refractivity contribution in [3.63, 3.8) is 0 Å². The number of anilines is 1. The van der Waals surface area contributed by atoms with E-state index >= 15 is 0 Å². The normalized spacial score (nSPS) is 14.7. The van der Waals surface area contributed by atoms with E-state index in [1.807, 2.05) is 30.3 Å². The Morgan fingerprint density at radius 2 is 1.59 bits per heavy atom. The fraction of sp³-hybridized carbons (Fsp3) is 0.355. The average Bonchev–Trinajstić information content (AvgIpc) is 2.95. The molecule has 0 bridgehead atoms. The van der Waals surface area contributed by atoms with Gasteiger partial charge in [0.15, 0.2) is 0 Å². The van der Waals surface area contributed by atoms with E-state index in [9.17, 15) is 22.4 Å². The van der Waals surface area contributed by atoms with E-state index in [0.717, 1.165) is 54.3 Å². The average molecular weight is 600 g/mol. The molecule has 7 nitrogen and oxygen atoms in total. The van der Waals surface area contributed by atoms with Gasteiger partial charge in [0, 0.05) is 24.0 Å². The van der Waals surface area contributed by atoms with Gasteiger partial charge < -0.3 is 10.2 Å². The van der Waals surface area contributed by atoms with Crippen molar-refractivity contribution in [2.45, 2.75) is 57.2 Å². The fourth-order valence-corrected chi connectivity index (χ4v) is 6.20. The Labute approximate surface area is 246 Å². The minimum Gasteiger partial charge on any atom is -0.352 e. The molecule has 0 aromatic heterocycles. The first kappa shape index (κ1) is 30.5. The van der Waals surface area contributed by atoms with Crippen LogP contribution in [0.1, 0.15) is 43.2 Å². The van der Waals surface area contributed by atoms with E-state index in [1.165, 1.54) is 23.1 Å². The molecule has 0 saturated heterocycles. The van der Waals surface area contributed by atoms with Crippen molar-refractivity contribution in [2.75, 3.05) is 17.1 Å². The number of rotatable bonds is 11. The zero-order valence-electron chi connectivity index (χ0n) is 23.0. The lowest BCUT2D eigenvalue weighted by molar-refractivity contribution is -0.140. The molecule has 1 aliphatic rings. The van der Waals surface area contributed by atoms with Crippen LogP contribution in [0.5, 0.6) is 0 Å². The van der Waals surface area contributed by atoms with Crippen LogP contribution in [0.25, 0.3) is 0 Å². The molecule has 2 amide bonds. The Kier molecular flexibility index (Phi) is 10.4. The molecule has 1 N–H and O–H groups in total. The molecule has 3 aromatic rings. The van der Waals surface area contributed by atoms with Crippen LogP contribution in [0.2, 0.25) is 5.02 Å². The summed E-state index contributed by atoms with van der Waals surface area (Å²) in [7, 11) is -4.06. The third-order valence-electron chi connectivity index (χ3n) is 7.32. The van der Waals surface area contributed by atoms with Crippen LogP contribution in [0.3, 0.4) is 0 Å². The Morgan fingerprint density at radius 3 is 2.24 bits per heavy atom. The smallest absolute Gasteiger partial charge is 0.244 e. The molecule has 0 heterocycles. The van der Waals surface area contributed by atoms with E-state index < -0.39 is 34.3 Å². The van der Waals surface area contributed by atoms with Gasteiger partial charge in [-0.3, -0.25) is 13.9 Å². The first-order valence-electron chi connectivity index (χ1n) is 13.7. The first-order chi connectivity index (χ1) is 19.6. The molecule has 0 unspecified atom stereocenters. The Hall–Kier alpha value is -3.43. The number of halogens is 2. The number of nitrogens with zero attached hydrogens (tertiary/aromatic N) is 2. The summed E-state index contributed by atoms with van der Waals surface area (Å²) >= 11 is 6.47. The second kappa shape index (κ2) is 14.0.